The molecule has 0 atom stereocenters. The Kier molecular flexibility index (Phi) is 5.96. The Labute approximate surface area is 263 Å². The summed E-state index contributed by atoms with van der Waals surface area (Å²) in [5.41, 5.74) is 4.96. The van der Waals surface area contributed by atoms with Crippen LogP contribution in [0.2, 0.25) is 0 Å². The lowest BCUT2D eigenvalue weighted by atomic mass is 10.0. The van der Waals surface area contributed by atoms with Gasteiger partial charge in [-0.15, -0.1) is 11.3 Å². The maximum absolute atomic E-state index is 5.10. The predicted octanol–water partition coefficient (Wildman–Crippen LogP) is 10.6. The number of nitrogens with zero attached hydrogens (tertiary/aromatic N) is 4. The minimum atomic E-state index is 0.633. The minimum absolute atomic E-state index is 0.633. The fourth-order valence-electron chi connectivity index (χ4n) is 5.97. The van der Waals surface area contributed by atoms with Crippen LogP contribution in [0.25, 0.3) is 87.3 Å². The van der Waals surface area contributed by atoms with E-state index in [4.69, 9.17) is 19.9 Å². The molecule has 210 valence electrons. The monoisotopic (exact) mass is 592 g/mol. The second kappa shape index (κ2) is 10.4. The molecule has 9 aromatic rings. The zero-order valence-corrected chi connectivity index (χ0v) is 24.9. The Morgan fingerprint density at radius 3 is 1.44 bits per heavy atom. The van der Waals surface area contributed by atoms with Crippen molar-refractivity contribution in [3.05, 3.63) is 146 Å². The molecule has 2 heterocycles. The molecular formula is C40H24N4S. The third kappa shape index (κ3) is 4.62. The van der Waals surface area contributed by atoms with Crippen molar-refractivity contribution in [2.45, 2.75) is 0 Å². The quantitative estimate of drug-likeness (QED) is 0.204. The van der Waals surface area contributed by atoms with E-state index >= 15 is 0 Å². The molecule has 45 heavy (non-hydrogen) atoms. The molecule has 0 aliphatic carbocycles. The molecule has 0 saturated heterocycles. The number of fused-ring (bicyclic) bond motifs is 5. The van der Waals surface area contributed by atoms with Crippen LogP contribution in [-0.4, -0.2) is 19.9 Å². The van der Waals surface area contributed by atoms with Crippen LogP contribution < -0.4 is 0 Å². The van der Waals surface area contributed by atoms with Gasteiger partial charge in [0.15, 0.2) is 17.5 Å². The summed E-state index contributed by atoms with van der Waals surface area (Å²) in [4.78, 5) is 20.3. The number of hydrogen-bond acceptors (Lipinski definition) is 5. The molecule has 5 heteroatoms. The van der Waals surface area contributed by atoms with Crippen LogP contribution in [0.4, 0.5) is 0 Å². The first-order chi connectivity index (χ1) is 22.2. The zero-order chi connectivity index (χ0) is 29.7. The van der Waals surface area contributed by atoms with Crippen LogP contribution in [0.3, 0.4) is 0 Å². The molecule has 0 saturated carbocycles. The molecule has 0 unspecified atom stereocenters. The highest BCUT2D eigenvalue weighted by Gasteiger charge is 2.15. The summed E-state index contributed by atoms with van der Waals surface area (Å²) in [6.45, 7) is 0. The van der Waals surface area contributed by atoms with Gasteiger partial charge in [-0.1, -0.05) is 121 Å². The number of aromatic nitrogens is 4. The van der Waals surface area contributed by atoms with Crippen molar-refractivity contribution in [1.82, 2.24) is 19.9 Å². The number of thiazole rings is 1. The van der Waals surface area contributed by atoms with Crippen molar-refractivity contribution >= 4 is 53.9 Å². The maximum Gasteiger partial charge on any atom is 0.164 e. The van der Waals surface area contributed by atoms with Gasteiger partial charge in [-0.05, 0) is 51.2 Å². The first-order valence-corrected chi connectivity index (χ1v) is 15.7. The predicted molar refractivity (Wildman–Crippen MR) is 187 cm³/mol. The maximum atomic E-state index is 5.10. The molecule has 0 amide bonds. The molecular weight excluding hydrogens is 569 g/mol. The van der Waals surface area contributed by atoms with Crippen LogP contribution in [0.1, 0.15) is 0 Å². The minimum Gasteiger partial charge on any atom is -0.235 e. The summed E-state index contributed by atoms with van der Waals surface area (Å²) < 4.78 is 1.16. The largest absolute Gasteiger partial charge is 0.235 e. The average Bonchev–Trinajstić information content (AvgIpc) is 3.56. The standard InChI is InChI=1S/C40H24N4S/c1-2-10-28(11-3-1)40-41-36-34-24-33(19-16-27(34)20-21-35(36)45-40)39-43-37(31-17-14-25-8-4-6-12-29(25)22-31)42-38(44-39)32-18-15-26-9-5-7-13-30(26)23-32/h1-24H. The summed E-state index contributed by atoms with van der Waals surface area (Å²) in [5.74, 6) is 1.92. The van der Waals surface area contributed by atoms with Gasteiger partial charge in [0.2, 0.25) is 0 Å². The van der Waals surface area contributed by atoms with Crippen molar-refractivity contribution < 1.29 is 0 Å². The first-order valence-electron chi connectivity index (χ1n) is 14.9. The number of hydrogen-bond donors (Lipinski definition) is 0. The summed E-state index contributed by atoms with van der Waals surface area (Å²) in [5, 5.41) is 7.90. The van der Waals surface area contributed by atoms with Crippen LogP contribution in [-0.2, 0) is 0 Å². The van der Waals surface area contributed by atoms with Crippen LogP contribution >= 0.6 is 11.3 Å². The zero-order valence-electron chi connectivity index (χ0n) is 24.1. The molecule has 0 bridgehead atoms. The van der Waals surface area contributed by atoms with Crippen molar-refractivity contribution in [2.75, 3.05) is 0 Å². The highest BCUT2D eigenvalue weighted by molar-refractivity contribution is 7.21. The van der Waals surface area contributed by atoms with Gasteiger partial charge in [0.25, 0.3) is 0 Å². The lowest BCUT2D eigenvalue weighted by Gasteiger charge is -2.10. The van der Waals surface area contributed by atoms with E-state index in [0.717, 1.165) is 59.0 Å². The molecule has 2 aromatic heterocycles. The molecule has 0 aliphatic rings. The fourth-order valence-corrected chi connectivity index (χ4v) is 6.96. The summed E-state index contributed by atoms with van der Waals surface area (Å²) in [6, 6.07) is 50.6. The van der Waals surface area contributed by atoms with Gasteiger partial charge >= 0.3 is 0 Å². The Balaban J connectivity index is 1.24. The van der Waals surface area contributed by atoms with E-state index < -0.39 is 0 Å². The van der Waals surface area contributed by atoms with E-state index in [0.29, 0.717) is 17.5 Å². The second-order valence-corrected chi connectivity index (χ2v) is 12.2. The lowest BCUT2D eigenvalue weighted by Crippen LogP contribution is -2.00. The van der Waals surface area contributed by atoms with Crippen molar-refractivity contribution in [3.8, 4) is 44.7 Å². The third-order valence-corrected chi connectivity index (χ3v) is 9.38. The van der Waals surface area contributed by atoms with Crippen molar-refractivity contribution in [1.29, 1.82) is 0 Å². The van der Waals surface area contributed by atoms with Gasteiger partial charge in [-0.2, -0.15) is 0 Å². The number of rotatable bonds is 4. The Morgan fingerprint density at radius 2 is 0.844 bits per heavy atom. The average molecular weight is 593 g/mol. The molecule has 0 spiro atoms. The van der Waals surface area contributed by atoms with Crippen LogP contribution in [0, 0.1) is 0 Å². The van der Waals surface area contributed by atoms with E-state index in [9.17, 15) is 0 Å². The molecule has 0 fully saturated rings. The third-order valence-electron chi connectivity index (χ3n) is 8.31. The van der Waals surface area contributed by atoms with E-state index in [2.05, 4.69) is 140 Å². The van der Waals surface area contributed by atoms with E-state index in [1.54, 1.807) is 11.3 Å². The lowest BCUT2D eigenvalue weighted by molar-refractivity contribution is 1.08. The molecule has 4 nitrogen and oxygen atoms in total. The van der Waals surface area contributed by atoms with E-state index in [-0.39, 0.29) is 0 Å². The molecule has 0 aliphatic heterocycles. The Morgan fingerprint density at radius 1 is 0.356 bits per heavy atom. The molecule has 7 aromatic carbocycles. The highest BCUT2D eigenvalue weighted by atomic mass is 32.1. The summed E-state index contributed by atoms with van der Waals surface area (Å²) in [6.07, 6.45) is 0. The SMILES string of the molecule is c1ccc(-c2nc3c(ccc4ccc(-c5nc(-c6ccc7ccccc7c6)nc(-c6ccc7ccccc7c6)n5)cc43)s2)cc1. The van der Waals surface area contributed by atoms with Gasteiger partial charge in [0.05, 0.1) is 10.2 Å². The van der Waals surface area contributed by atoms with Gasteiger partial charge < -0.3 is 0 Å². The smallest absolute Gasteiger partial charge is 0.164 e. The highest BCUT2D eigenvalue weighted by Crippen LogP contribution is 2.36. The second-order valence-electron chi connectivity index (χ2n) is 11.2. The molecule has 0 radical (unpaired) electrons. The van der Waals surface area contributed by atoms with Crippen molar-refractivity contribution in [2.24, 2.45) is 0 Å². The first kappa shape index (κ1) is 25.7. The van der Waals surface area contributed by atoms with Gasteiger partial charge in [-0.25, -0.2) is 19.9 Å². The van der Waals surface area contributed by atoms with Gasteiger partial charge in [0.1, 0.15) is 5.01 Å². The van der Waals surface area contributed by atoms with Crippen LogP contribution in [0.15, 0.2) is 146 Å². The summed E-state index contributed by atoms with van der Waals surface area (Å²) >= 11 is 1.72. The van der Waals surface area contributed by atoms with E-state index in [1.165, 1.54) is 10.8 Å². The van der Waals surface area contributed by atoms with E-state index in [1.807, 2.05) is 6.07 Å². The van der Waals surface area contributed by atoms with Crippen molar-refractivity contribution in [3.63, 3.8) is 0 Å². The van der Waals surface area contributed by atoms with Crippen LogP contribution in [0.5, 0.6) is 0 Å². The van der Waals surface area contributed by atoms with Gasteiger partial charge in [-0.3, -0.25) is 0 Å². The Bertz CT molecular complexity index is 2460. The molecule has 0 N–H and O–H groups in total. The topological polar surface area (TPSA) is 51.6 Å². The Hall–Kier alpha value is -5.78. The normalized spacial score (nSPS) is 11.6. The molecule has 9 rings (SSSR count). The van der Waals surface area contributed by atoms with Gasteiger partial charge in [0, 0.05) is 27.6 Å². The number of benzene rings is 7. The fraction of sp³-hybridized carbons (Fsp3) is 0. The summed E-state index contributed by atoms with van der Waals surface area (Å²) in [7, 11) is 0.